The number of carbonyl (C=O) groups is 1. The van der Waals surface area contributed by atoms with Gasteiger partial charge in [-0.05, 0) is 42.7 Å². The van der Waals surface area contributed by atoms with Gasteiger partial charge in [-0.15, -0.1) is 0 Å². The average molecular weight is 612 g/mol. The van der Waals surface area contributed by atoms with Crippen LogP contribution in [0.4, 0.5) is 4.39 Å². The van der Waals surface area contributed by atoms with E-state index < -0.39 is 29.2 Å². The standard InChI is InChI=1S/C30H28Cl2FN5O4/c1-3-29(40,25-14-37(2)17-36-25)19-10-23-27(24(33)11-19)30(42-22-8-9-41-16-22,18-4-6-20(31)7-5-18)38(28(23)39)15-26-34-12-21(32)13-35-26/h4-7,10-14,17,22,40H,3,8-9,15-16H2,1-2H3/t22-,29?,30+/m0/s1. The van der Waals surface area contributed by atoms with Crippen LogP contribution in [0.2, 0.25) is 10.0 Å². The van der Waals surface area contributed by atoms with Crippen LogP contribution in [0.5, 0.6) is 0 Å². The number of hydrogen-bond donors (Lipinski definition) is 1. The van der Waals surface area contributed by atoms with Gasteiger partial charge in [0.15, 0.2) is 0 Å². The molecule has 2 aliphatic rings. The fourth-order valence-electron chi connectivity index (χ4n) is 5.70. The molecule has 0 saturated carbocycles. The first-order valence-electron chi connectivity index (χ1n) is 13.5. The van der Waals surface area contributed by atoms with Crippen molar-refractivity contribution in [3.8, 4) is 0 Å². The van der Waals surface area contributed by atoms with Gasteiger partial charge in [-0.3, -0.25) is 9.69 Å². The minimum atomic E-state index is -1.71. The monoisotopic (exact) mass is 611 g/mol. The maximum absolute atomic E-state index is 16.7. The molecule has 1 fully saturated rings. The largest absolute Gasteiger partial charge is 0.379 e. The summed E-state index contributed by atoms with van der Waals surface area (Å²) in [5.41, 5.74) is -2.25. The molecule has 4 heterocycles. The number of aromatic nitrogens is 4. The van der Waals surface area contributed by atoms with Crippen LogP contribution in [0.1, 0.15) is 58.3 Å². The predicted octanol–water partition coefficient (Wildman–Crippen LogP) is 4.96. The smallest absolute Gasteiger partial charge is 0.257 e. The van der Waals surface area contributed by atoms with Crippen LogP contribution in [0, 0.1) is 5.82 Å². The summed E-state index contributed by atoms with van der Waals surface area (Å²) in [4.78, 5) is 28.7. The van der Waals surface area contributed by atoms with Crippen molar-refractivity contribution in [2.24, 2.45) is 7.05 Å². The topological polar surface area (TPSA) is 103 Å². The first kappa shape index (κ1) is 28.7. The Morgan fingerprint density at radius 3 is 2.52 bits per heavy atom. The Labute approximate surface area is 251 Å². The second kappa shape index (κ2) is 11.0. The summed E-state index contributed by atoms with van der Waals surface area (Å²) in [7, 11) is 1.78. The number of ether oxygens (including phenoxy) is 2. The minimum Gasteiger partial charge on any atom is -0.379 e. The van der Waals surface area contributed by atoms with Gasteiger partial charge in [-0.1, -0.05) is 42.3 Å². The number of amides is 1. The van der Waals surface area contributed by atoms with Crippen molar-refractivity contribution in [3.05, 3.63) is 111 Å². The molecule has 1 saturated heterocycles. The van der Waals surface area contributed by atoms with E-state index in [2.05, 4.69) is 15.0 Å². The number of rotatable bonds is 8. The molecule has 1 unspecified atom stereocenters. The molecule has 12 heteroatoms. The van der Waals surface area contributed by atoms with E-state index >= 15 is 4.39 Å². The van der Waals surface area contributed by atoms with Gasteiger partial charge < -0.3 is 19.1 Å². The molecular weight excluding hydrogens is 584 g/mol. The Bertz CT molecular complexity index is 1630. The number of halogens is 3. The molecule has 4 aromatic rings. The average Bonchev–Trinajstić information content (AvgIpc) is 3.71. The van der Waals surface area contributed by atoms with Crippen LogP contribution in [0.25, 0.3) is 0 Å². The SMILES string of the molecule is CCC(O)(c1cc(F)c2c(c1)C(=O)N(Cc1ncc(Cl)cn1)[C@@]2(O[C@H]1CCOC1)c1ccc(Cl)cc1)c1cn(C)cn1. The Morgan fingerprint density at radius 1 is 1.17 bits per heavy atom. The van der Waals surface area contributed by atoms with Crippen molar-refractivity contribution in [2.45, 2.75) is 43.7 Å². The first-order valence-corrected chi connectivity index (χ1v) is 14.3. The third-order valence-corrected chi connectivity index (χ3v) is 8.28. The molecule has 2 aromatic carbocycles. The highest BCUT2D eigenvalue weighted by Gasteiger charge is 2.56. The van der Waals surface area contributed by atoms with Gasteiger partial charge in [-0.2, -0.15) is 0 Å². The first-order chi connectivity index (χ1) is 20.2. The Kier molecular flexibility index (Phi) is 7.53. The third-order valence-electron chi connectivity index (χ3n) is 7.84. The minimum absolute atomic E-state index is 0.0268. The van der Waals surface area contributed by atoms with E-state index in [4.69, 9.17) is 32.7 Å². The van der Waals surface area contributed by atoms with E-state index in [1.54, 1.807) is 55.3 Å². The summed E-state index contributed by atoms with van der Waals surface area (Å²) < 4.78 is 30.7. The van der Waals surface area contributed by atoms with Crippen LogP contribution in [-0.2, 0) is 34.4 Å². The molecule has 0 aliphatic carbocycles. The third kappa shape index (κ3) is 4.77. The summed E-state index contributed by atoms with van der Waals surface area (Å²) in [6.07, 6.45) is 6.40. The van der Waals surface area contributed by atoms with Gasteiger partial charge in [0.1, 0.15) is 17.2 Å². The van der Waals surface area contributed by atoms with Gasteiger partial charge in [0, 0.05) is 42.8 Å². The number of nitrogens with zero attached hydrogens (tertiary/aromatic N) is 5. The molecule has 218 valence electrons. The molecule has 0 radical (unpaired) electrons. The second-order valence-electron chi connectivity index (χ2n) is 10.5. The molecule has 6 rings (SSSR count). The van der Waals surface area contributed by atoms with Crippen LogP contribution in [0.15, 0.2) is 61.3 Å². The molecule has 0 spiro atoms. The fraction of sp³-hybridized carbons (Fsp3) is 0.333. The lowest BCUT2D eigenvalue weighted by Crippen LogP contribution is -2.49. The zero-order valence-corrected chi connectivity index (χ0v) is 24.4. The molecular formula is C30H28Cl2FN5O4. The lowest BCUT2D eigenvalue weighted by molar-refractivity contribution is -0.149. The summed E-state index contributed by atoms with van der Waals surface area (Å²) in [5, 5.41) is 12.6. The second-order valence-corrected chi connectivity index (χ2v) is 11.4. The van der Waals surface area contributed by atoms with Gasteiger partial charge in [-0.25, -0.2) is 19.3 Å². The fourth-order valence-corrected chi connectivity index (χ4v) is 5.92. The normalized spacial score (nSPS) is 21.5. The molecule has 1 amide bonds. The zero-order chi connectivity index (χ0) is 29.6. The van der Waals surface area contributed by atoms with Crippen molar-refractivity contribution in [2.75, 3.05) is 13.2 Å². The highest BCUT2D eigenvalue weighted by atomic mass is 35.5. The van der Waals surface area contributed by atoms with E-state index in [-0.39, 0.29) is 42.1 Å². The number of imidazole rings is 1. The van der Waals surface area contributed by atoms with Crippen LogP contribution in [-0.4, -0.2) is 54.8 Å². The molecule has 3 atom stereocenters. The summed E-state index contributed by atoms with van der Waals surface area (Å²) in [5.74, 6) is -0.950. The van der Waals surface area contributed by atoms with Gasteiger partial charge in [0.25, 0.3) is 5.91 Å². The van der Waals surface area contributed by atoms with E-state index in [1.807, 2.05) is 0 Å². The van der Waals surface area contributed by atoms with Crippen LogP contribution >= 0.6 is 23.2 Å². The van der Waals surface area contributed by atoms with Crippen molar-refractivity contribution in [1.29, 1.82) is 0 Å². The quantitative estimate of drug-likeness (QED) is 0.300. The lowest BCUT2D eigenvalue weighted by atomic mass is 9.84. The van der Waals surface area contributed by atoms with Crippen LogP contribution < -0.4 is 0 Å². The van der Waals surface area contributed by atoms with Crippen LogP contribution in [0.3, 0.4) is 0 Å². The van der Waals surface area contributed by atoms with Crippen molar-refractivity contribution < 1.29 is 23.8 Å². The van der Waals surface area contributed by atoms with Crippen molar-refractivity contribution in [3.63, 3.8) is 0 Å². The maximum atomic E-state index is 16.7. The predicted molar refractivity (Wildman–Crippen MR) is 152 cm³/mol. The molecule has 2 aromatic heterocycles. The molecule has 1 N–H and O–H groups in total. The van der Waals surface area contributed by atoms with Gasteiger partial charge >= 0.3 is 0 Å². The summed E-state index contributed by atoms with van der Waals surface area (Å²) in [6.45, 7) is 2.40. The molecule has 9 nitrogen and oxygen atoms in total. The highest BCUT2D eigenvalue weighted by Crippen LogP contribution is 2.50. The highest BCUT2D eigenvalue weighted by molar-refractivity contribution is 6.30. The van der Waals surface area contributed by atoms with E-state index in [1.165, 1.54) is 29.4 Å². The number of aliphatic hydroxyl groups is 1. The summed E-state index contributed by atoms with van der Waals surface area (Å²) >= 11 is 12.3. The Hall–Kier alpha value is -3.41. The Balaban J connectivity index is 1.58. The molecule has 0 bridgehead atoms. The maximum Gasteiger partial charge on any atom is 0.257 e. The number of aryl methyl sites for hydroxylation is 1. The number of benzene rings is 2. The number of fused-ring (bicyclic) bond motifs is 1. The van der Waals surface area contributed by atoms with Gasteiger partial charge in [0.05, 0.1) is 47.4 Å². The number of hydrogen-bond acceptors (Lipinski definition) is 7. The zero-order valence-electron chi connectivity index (χ0n) is 22.9. The lowest BCUT2D eigenvalue weighted by Gasteiger charge is -2.41. The number of carbonyl (C=O) groups excluding carboxylic acids is 1. The van der Waals surface area contributed by atoms with E-state index in [9.17, 15) is 9.90 Å². The van der Waals surface area contributed by atoms with E-state index in [0.717, 1.165) is 0 Å². The Morgan fingerprint density at radius 2 is 1.90 bits per heavy atom. The van der Waals surface area contributed by atoms with E-state index in [0.29, 0.717) is 34.3 Å². The molecule has 2 aliphatic heterocycles. The van der Waals surface area contributed by atoms with Crippen molar-refractivity contribution >= 4 is 29.1 Å². The van der Waals surface area contributed by atoms with Gasteiger partial charge in [0.2, 0.25) is 5.72 Å². The molecule has 42 heavy (non-hydrogen) atoms. The summed E-state index contributed by atoms with van der Waals surface area (Å²) in [6, 6.07) is 9.53. The van der Waals surface area contributed by atoms with Crippen molar-refractivity contribution in [1.82, 2.24) is 24.4 Å².